The lowest BCUT2D eigenvalue weighted by molar-refractivity contribution is -0.384. The first kappa shape index (κ1) is 12.0. The Labute approximate surface area is 92.4 Å². The number of benzene rings is 1. The van der Waals surface area contributed by atoms with Gasteiger partial charge in [-0.3, -0.25) is 15.4 Å². The third-order valence-electron chi connectivity index (χ3n) is 1.74. The van der Waals surface area contributed by atoms with Crippen molar-refractivity contribution in [1.82, 2.24) is 0 Å². The number of hydrogen-bond donors (Lipinski definition) is 1. The first-order valence-corrected chi connectivity index (χ1v) is 4.81. The van der Waals surface area contributed by atoms with Gasteiger partial charge in [0.1, 0.15) is 0 Å². The largest absolute Gasteiger partial charge is 0.449 e. The summed E-state index contributed by atoms with van der Waals surface area (Å²) in [5.41, 5.74) is 0.267. The molecule has 1 aromatic rings. The van der Waals surface area contributed by atoms with E-state index in [1.54, 1.807) is 6.07 Å². The van der Waals surface area contributed by atoms with E-state index >= 15 is 0 Å². The Bertz CT molecular complexity index is 392. The third-order valence-corrected chi connectivity index (χ3v) is 1.74. The fraction of sp³-hybridized carbons (Fsp3) is 0.300. The molecule has 0 saturated heterocycles. The summed E-state index contributed by atoms with van der Waals surface area (Å²) in [6.45, 7) is 2.20. The van der Waals surface area contributed by atoms with Crippen LogP contribution in [0.3, 0.4) is 0 Å². The maximum absolute atomic E-state index is 11.1. The zero-order chi connectivity index (χ0) is 12.0. The lowest BCUT2D eigenvalue weighted by Crippen LogP contribution is -2.14. The summed E-state index contributed by atoms with van der Waals surface area (Å²) in [7, 11) is 0. The zero-order valence-electron chi connectivity index (χ0n) is 8.80. The molecule has 0 bridgehead atoms. The minimum Gasteiger partial charge on any atom is -0.449 e. The summed E-state index contributed by atoms with van der Waals surface area (Å²) < 4.78 is 4.78. The first-order chi connectivity index (χ1) is 7.63. The fourth-order valence-corrected chi connectivity index (χ4v) is 1.05. The van der Waals surface area contributed by atoms with Gasteiger partial charge < -0.3 is 4.74 Å². The van der Waals surface area contributed by atoms with Gasteiger partial charge in [-0.2, -0.15) is 0 Å². The van der Waals surface area contributed by atoms with Crippen LogP contribution in [0.4, 0.5) is 16.2 Å². The van der Waals surface area contributed by atoms with Crippen molar-refractivity contribution in [1.29, 1.82) is 0 Å². The van der Waals surface area contributed by atoms with Crippen LogP contribution in [-0.4, -0.2) is 17.6 Å². The molecule has 6 nitrogen and oxygen atoms in total. The second-order valence-corrected chi connectivity index (χ2v) is 3.07. The summed E-state index contributed by atoms with van der Waals surface area (Å²) >= 11 is 0. The van der Waals surface area contributed by atoms with Gasteiger partial charge in [0.05, 0.1) is 17.2 Å². The molecule has 0 atom stereocenters. The maximum atomic E-state index is 11.1. The molecule has 0 aliphatic heterocycles. The Balaban J connectivity index is 2.63. The number of amides is 1. The Morgan fingerprint density at radius 1 is 1.56 bits per heavy atom. The van der Waals surface area contributed by atoms with E-state index in [9.17, 15) is 14.9 Å². The highest BCUT2D eigenvalue weighted by molar-refractivity contribution is 5.84. The lowest BCUT2D eigenvalue weighted by atomic mass is 10.3. The number of rotatable bonds is 4. The number of nitrogens with one attached hydrogen (secondary N) is 1. The van der Waals surface area contributed by atoms with Crippen molar-refractivity contribution in [3.05, 3.63) is 34.4 Å². The number of hydrogen-bond acceptors (Lipinski definition) is 4. The second-order valence-electron chi connectivity index (χ2n) is 3.07. The Kier molecular flexibility index (Phi) is 4.26. The number of nitro benzene ring substituents is 1. The quantitative estimate of drug-likeness (QED) is 0.629. The van der Waals surface area contributed by atoms with Crippen molar-refractivity contribution >= 4 is 17.5 Å². The van der Waals surface area contributed by atoms with E-state index in [1.807, 2.05) is 6.92 Å². The van der Waals surface area contributed by atoms with Crippen LogP contribution in [0.2, 0.25) is 0 Å². The molecule has 0 spiro atoms. The van der Waals surface area contributed by atoms with Gasteiger partial charge in [-0.15, -0.1) is 0 Å². The van der Waals surface area contributed by atoms with Gasteiger partial charge >= 0.3 is 6.09 Å². The predicted octanol–water partition coefficient (Wildman–Crippen LogP) is 2.55. The standard InChI is InChI=1S/C10H12N2O4/c1-2-6-16-10(13)11-8-4-3-5-9(7-8)12(14)15/h3-5,7H,2,6H2,1H3,(H,11,13). The molecule has 1 aromatic carbocycles. The summed E-state index contributed by atoms with van der Waals surface area (Å²) in [6.07, 6.45) is 0.116. The number of non-ortho nitro benzene ring substituents is 1. The number of carbonyl (C=O) groups excluding carboxylic acids is 1. The highest BCUT2D eigenvalue weighted by atomic mass is 16.6. The molecule has 1 amide bonds. The molecule has 0 aliphatic rings. The van der Waals surface area contributed by atoms with E-state index in [1.165, 1.54) is 18.2 Å². The van der Waals surface area contributed by atoms with E-state index in [4.69, 9.17) is 4.74 Å². The molecule has 0 aromatic heterocycles. The molecule has 16 heavy (non-hydrogen) atoms. The zero-order valence-corrected chi connectivity index (χ0v) is 8.80. The highest BCUT2D eigenvalue weighted by Gasteiger charge is 2.08. The number of nitrogens with zero attached hydrogens (tertiary/aromatic N) is 1. The first-order valence-electron chi connectivity index (χ1n) is 4.81. The minimum absolute atomic E-state index is 0.0757. The monoisotopic (exact) mass is 224 g/mol. The van der Waals surface area contributed by atoms with Crippen LogP contribution < -0.4 is 5.32 Å². The van der Waals surface area contributed by atoms with Crippen molar-refractivity contribution in [2.45, 2.75) is 13.3 Å². The molecular weight excluding hydrogens is 212 g/mol. The van der Waals surface area contributed by atoms with Gasteiger partial charge in [0.2, 0.25) is 0 Å². The lowest BCUT2D eigenvalue weighted by Gasteiger charge is -2.05. The molecule has 86 valence electrons. The Morgan fingerprint density at radius 3 is 2.94 bits per heavy atom. The Hall–Kier alpha value is -2.11. The number of nitro groups is 1. The molecule has 0 heterocycles. The predicted molar refractivity (Wildman–Crippen MR) is 58.4 cm³/mol. The molecule has 0 unspecified atom stereocenters. The van der Waals surface area contributed by atoms with Crippen molar-refractivity contribution in [3.8, 4) is 0 Å². The van der Waals surface area contributed by atoms with Crippen molar-refractivity contribution in [2.24, 2.45) is 0 Å². The average molecular weight is 224 g/mol. The van der Waals surface area contributed by atoms with Crippen LogP contribution in [0.25, 0.3) is 0 Å². The highest BCUT2D eigenvalue weighted by Crippen LogP contribution is 2.16. The topological polar surface area (TPSA) is 81.5 Å². The second kappa shape index (κ2) is 5.69. The third kappa shape index (κ3) is 3.56. The van der Waals surface area contributed by atoms with E-state index in [0.717, 1.165) is 6.42 Å². The van der Waals surface area contributed by atoms with Gasteiger partial charge in [0.25, 0.3) is 5.69 Å². The fourth-order valence-electron chi connectivity index (χ4n) is 1.05. The van der Waals surface area contributed by atoms with Crippen molar-refractivity contribution in [2.75, 3.05) is 11.9 Å². The van der Waals surface area contributed by atoms with Crippen molar-refractivity contribution in [3.63, 3.8) is 0 Å². The summed E-state index contributed by atoms with van der Waals surface area (Å²) in [4.78, 5) is 21.1. The number of ether oxygens (including phenoxy) is 1. The van der Waals surface area contributed by atoms with Gasteiger partial charge in [-0.05, 0) is 12.5 Å². The number of anilines is 1. The normalized spacial score (nSPS) is 9.56. The van der Waals surface area contributed by atoms with E-state index < -0.39 is 11.0 Å². The van der Waals surface area contributed by atoms with Crippen LogP contribution in [0.15, 0.2) is 24.3 Å². The van der Waals surface area contributed by atoms with Gasteiger partial charge in [0.15, 0.2) is 0 Å². The van der Waals surface area contributed by atoms with Crippen LogP contribution in [0.1, 0.15) is 13.3 Å². The van der Waals surface area contributed by atoms with E-state index in [2.05, 4.69) is 5.32 Å². The smallest absolute Gasteiger partial charge is 0.411 e. The summed E-state index contributed by atoms with van der Waals surface area (Å²) in [5.74, 6) is 0. The van der Waals surface area contributed by atoms with Crippen LogP contribution in [-0.2, 0) is 4.74 Å². The molecule has 0 aliphatic carbocycles. The summed E-state index contributed by atoms with van der Waals surface area (Å²) in [6, 6.07) is 5.67. The number of carbonyl (C=O) groups is 1. The van der Waals surface area contributed by atoms with Crippen LogP contribution in [0, 0.1) is 10.1 Å². The van der Waals surface area contributed by atoms with Gasteiger partial charge in [-0.25, -0.2) is 4.79 Å². The molecular formula is C10H12N2O4. The molecule has 1 rings (SSSR count). The SMILES string of the molecule is CCCOC(=O)Nc1cccc([N+](=O)[O-])c1. The van der Waals surface area contributed by atoms with Crippen LogP contribution in [0.5, 0.6) is 0 Å². The van der Waals surface area contributed by atoms with E-state index in [0.29, 0.717) is 12.3 Å². The van der Waals surface area contributed by atoms with Crippen LogP contribution >= 0.6 is 0 Å². The van der Waals surface area contributed by atoms with Crippen molar-refractivity contribution < 1.29 is 14.5 Å². The molecule has 0 radical (unpaired) electrons. The Morgan fingerprint density at radius 2 is 2.31 bits per heavy atom. The average Bonchev–Trinajstić information content (AvgIpc) is 2.26. The molecule has 1 N–H and O–H groups in total. The maximum Gasteiger partial charge on any atom is 0.411 e. The van der Waals surface area contributed by atoms with Gasteiger partial charge in [0, 0.05) is 12.1 Å². The minimum atomic E-state index is -0.609. The summed E-state index contributed by atoms with van der Waals surface area (Å²) in [5, 5.41) is 12.9. The molecule has 6 heteroatoms. The van der Waals surface area contributed by atoms with Gasteiger partial charge in [-0.1, -0.05) is 13.0 Å². The molecule has 0 saturated carbocycles. The van der Waals surface area contributed by atoms with E-state index in [-0.39, 0.29) is 5.69 Å². The molecule has 0 fully saturated rings.